The van der Waals surface area contributed by atoms with E-state index in [1.54, 1.807) is 62.4 Å². The summed E-state index contributed by atoms with van der Waals surface area (Å²) in [4.78, 5) is 28.6. The van der Waals surface area contributed by atoms with Crippen molar-refractivity contribution in [3.63, 3.8) is 0 Å². The Bertz CT molecular complexity index is 714. The number of hydrogen-bond donors (Lipinski definition) is 3. The molecular formula is C17H19N3O3. The summed E-state index contributed by atoms with van der Waals surface area (Å²) in [5, 5.41) is 2.75. The van der Waals surface area contributed by atoms with Gasteiger partial charge in [0.05, 0.1) is 17.2 Å². The van der Waals surface area contributed by atoms with Crippen molar-refractivity contribution < 1.29 is 14.4 Å². The van der Waals surface area contributed by atoms with Gasteiger partial charge in [-0.2, -0.15) is 0 Å². The number of anilines is 3. The zero-order chi connectivity index (χ0) is 16.8. The zero-order valence-electron chi connectivity index (χ0n) is 13.0. The van der Waals surface area contributed by atoms with Gasteiger partial charge in [0.2, 0.25) is 0 Å². The van der Waals surface area contributed by atoms with Gasteiger partial charge in [-0.15, -0.1) is 0 Å². The van der Waals surface area contributed by atoms with E-state index in [0.29, 0.717) is 22.6 Å². The molecule has 0 fully saturated rings. The van der Waals surface area contributed by atoms with E-state index in [4.69, 9.17) is 10.6 Å². The monoisotopic (exact) mass is 313 g/mol. The quantitative estimate of drug-likeness (QED) is 0.582. The maximum atomic E-state index is 12.2. The van der Waals surface area contributed by atoms with Crippen LogP contribution in [0, 0.1) is 5.92 Å². The molecular weight excluding hydrogens is 294 g/mol. The Balaban J connectivity index is 2.04. The summed E-state index contributed by atoms with van der Waals surface area (Å²) >= 11 is 0. The number of nitrogens with two attached hydrogens (primary N) is 1. The second-order valence-corrected chi connectivity index (χ2v) is 5.30. The Morgan fingerprint density at radius 2 is 1.74 bits per heavy atom. The van der Waals surface area contributed by atoms with Gasteiger partial charge in [-0.05, 0) is 30.3 Å². The molecule has 0 unspecified atom stereocenters. The average molecular weight is 313 g/mol. The second-order valence-electron chi connectivity index (χ2n) is 5.30. The number of nitrogen functional groups attached to an aromatic ring is 1. The largest absolute Gasteiger partial charge is 0.398 e. The molecule has 0 saturated heterocycles. The number of benzene rings is 2. The van der Waals surface area contributed by atoms with E-state index in [-0.39, 0.29) is 17.8 Å². The first-order valence-corrected chi connectivity index (χ1v) is 7.20. The molecule has 6 nitrogen and oxygen atoms in total. The maximum absolute atomic E-state index is 12.2. The van der Waals surface area contributed by atoms with Crippen LogP contribution in [-0.4, -0.2) is 11.9 Å². The highest BCUT2D eigenvalue weighted by atomic mass is 16.7. The molecule has 0 radical (unpaired) electrons. The molecule has 0 heterocycles. The van der Waals surface area contributed by atoms with Crippen molar-refractivity contribution in [1.82, 2.24) is 0 Å². The summed E-state index contributed by atoms with van der Waals surface area (Å²) < 4.78 is 0. The highest BCUT2D eigenvalue weighted by Crippen LogP contribution is 2.18. The van der Waals surface area contributed by atoms with Crippen LogP contribution in [0.4, 0.5) is 17.1 Å². The number of para-hydroxylation sites is 1. The van der Waals surface area contributed by atoms with Crippen molar-refractivity contribution in [2.45, 2.75) is 13.8 Å². The lowest BCUT2D eigenvalue weighted by Gasteiger charge is -2.11. The Morgan fingerprint density at radius 1 is 1.04 bits per heavy atom. The first kappa shape index (κ1) is 16.4. The Morgan fingerprint density at radius 3 is 2.43 bits per heavy atom. The molecule has 0 aliphatic heterocycles. The fourth-order valence-corrected chi connectivity index (χ4v) is 1.79. The van der Waals surface area contributed by atoms with Crippen molar-refractivity contribution in [1.29, 1.82) is 0 Å². The van der Waals surface area contributed by atoms with Gasteiger partial charge in [0.25, 0.3) is 5.91 Å². The van der Waals surface area contributed by atoms with E-state index in [2.05, 4.69) is 10.8 Å². The summed E-state index contributed by atoms with van der Waals surface area (Å²) in [5.74, 6) is -0.901. The molecule has 0 spiro atoms. The highest BCUT2D eigenvalue weighted by molar-refractivity contribution is 6.07. The van der Waals surface area contributed by atoms with Crippen LogP contribution >= 0.6 is 0 Å². The van der Waals surface area contributed by atoms with Crippen LogP contribution in [0.1, 0.15) is 24.2 Å². The smallest absolute Gasteiger partial charge is 0.334 e. The lowest BCUT2D eigenvalue weighted by Crippen LogP contribution is -2.16. The fourth-order valence-electron chi connectivity index (χ4n) is 1.79. The van der Waals surface area contributed by atoms with Crippen LogP contribution in [0.3, 0.4) is 0 Å². The third kappa shape index (κ3) is 4.47. The Hall–Kier alpha value is -3.02. The van der Waals surface area contributed by atoms with Crippen LogP contribution in [0.5, 0.6) is 0 Å². The maximum Gasteiger partial charge on any atom is 0.334 e. The summed E-state index contributed by atoms with van der Waals surface area (Å²) in [6.07, 6.45) is 0. The van der Waals surface area contributed by atoms with E-state index < -0.39 is 0 Å². The topological polar surface area (TPSA) is 93.5 Å². The third-order valence-electron chi connectivity index (χ3n) is 3.07. The van der Waals surface area contributed by atoms with Gasteiger partial charge in [0, 0.05) is 11.4 Å². The highest BCUT2D eigenvalue weighted by Gasteiger charge is 2.11. The lowest BCUT2D eigenvalue weighted by molar-refractivity contribution is -0.144. The van der Waals surface area contributed by atoms with Gasteiger partial charge in [0.1, 0.15) is 0 Å². The van der Waals surface area contributed by atoms with Crippen LogP contribution in [0.15, 0.2) is 48.5 Å². The molecule has 4 N–H and O–H groups in total. The summed E-state index contributed by atoms with van der Waals surface area (Å²) in [6.45, 7) is 3.48. The molecule has 6 heteroatoms. The molecule has 1 amide bonds. The Labute approximate surface area is 134 Å². The number of nitrogens with one attached hydrogen (secondary N) is 2. The molecule has 0 atom stereocenters. The first-order chi connectivity index (χ1) is 11.0. The minimum Gasteiger partial charge on any atom is -0.398 e. The van der Waals surface area contributed by atoms with E-state index in [1.165, 1.54) is 0 Å². The molecule has 120 valence electrons. The van der Waals surface area contributed by atoms with Crippen molar-refractivity contribution >= 4 is 28.9 Å². The van der Waals surface area contributed by atoms with Gasteiger partial charge in [-0.25, -0.2) is 10.3 Å². The fraction of sp³-hybridized carbons (Fsp3) is 0.176. The summed E-state index contributed by atoms with van der Waals surface area (Å²) in [7, 11) is 0. The molecule has 23 heavy (non-hydrogen) atoms. The van der Waals surface area contributed by atoms with Crippen LogP contribution in [0.2, 0.25) is 0 Å². The number of hydrogen-bond acceptors (Lipinski definition) is 5. The van der Waals surface area contributed by atoms with E-state index in [9.17, 15) is 9.59 Å². The van der Waals surface area contributed by atoms with E-state index in [1.807, 2.05) is 0 Å². The van der Waals surface area contributed by atoms with Crippen LogP contribution < -0.4 is 16.5 Å². The number of carbonyl (C=O) groups is 2. The van der Waals surface area contributed by atoms with Crippen molar-refractivity contribution in [3.8, 4) is 0 Å². The molecule has 2 rings (SSSR count). The number of rotatable bonds is 5. The molecule has 2 aromatic carbocycles. The number of carbonyl (C=O) groups excluding carboxylic acids is 2. The SMILES string of the molecule is CC(C)C(=O)ONc1cccc(NC(=O)c2ccccc2N)c1. The predicted molar refractivity (Wildman–Crippen MR) is 89.8 cm³/mol. The molecule has 0 aliphatic rings. The minimum absolute atomic E-state index is 0.230. The normalized spacial score (nSPS) is 10.2. The van der Waals surface area contributed by atoms with Crippen molar-refractivity contribution in [2.24, 2.45) is 5.92 Å². The number of amides is 1. The lowest BCUT2D eigenvalue weighted by atomic mass is 10.1. The molecule has 0 aromatic heterocycles. The minimum atomic E-state index is -0.364. The van der Waals surface area contributed by atoms with Gasteiger partial charge < -0.3 is 15.9 Å². The van der Waals surface area contributed by atoms with Crippen LogP contribution in [0.25, 0.3) is 0 Å². The summed E-state index contributed by atoms with van der Waals surface area (Å²) in [5.41, 5.74) is 10.3. The van der Waals surface area contributed by atoms with Gasteiger partial charge in [0.15, 0.2) is 0 Å². The van der Waals surface area contributed by atoms with Gasteiger partial charge >= 0.3 is 5.97 Å². The van der Waals surface area contributed by atoms with Crippen molar-refractivity contribution in [3.05, 3.63) is 54.1 Å². The van der Waals surface area contributed by atoms with Crippen LogP contribution in [-0.2, 0) is 9.63 Å². The third-order valence-corrected chi connectivity index (χ3v) is 3.07. The van der Waals surface area contributed by atoms with Crippen molar-refractivity contribution in [2.75, 3.05) is 16.5 Å². The molecule has 0 aliphatic carbocycles. The second kappa shape index (κ2) is 7.31. The molecule has 0 saturated carbocycles. The predicted octanol–water partition coefficient (Wildman–Crippen LogP) is 3.05. The van der Waals surface area contributed by atoms with E-state index in [0.717, 1.165) is 0 Å². The molecule has 2 aromatic rings. The Kier molecular flexibility index (Phi) is 5.19. The average Bonchev–Trinajstić information content (AvgIpc) is 2.53. The first-order valence-electron chi connectivity index (χ1n) is 7.20. The van der Waals surface area contributed by atoms with E-state index >= 15 is 0 Å². The molecule has 0 bridgehead atoms. The van der Waals surface area contributed by atoms with Gasteiger partial charge in [-0.1, -0.05) is 32.0 Å². The zero-order valence-corrected chi connectivity index (χ0v) is 13.0. The van der Waals surface area contributed by atoms with Gasteiger partial charge in [-0.3, -0.25) is 4.79 Å². The summed E-state index contributed by atoms with van der Waals surface area (Å²) in [6, 6.07) is 13.7. The standard InChI is InChI=1S/C17H19N3O3/c1-11(2)17(22)23-20-13-7-5-6-12(10-13)19-16(21)14-8-3-4-9-15(14)18/h3-11,20H,18H2,1-2H3,(H,19,21).